The van der Waals surface area contributed by atoms with Crippen LogP contribution in [0.25, 0.3) is 0 Å². The molecule has 0 bridgehead atoms. The fourth-order valence-electron chi connectivity index (χ4n) is 2.89. The molecule has 0 saturated heterocycles. The Hall–Kier alpha value is -1.35. The summed E-state index contributed by atoms with van der Waals surface area (Å²) in [6.45, 7) is 4.49. The zero-order valence-corrected chi connectivity index (χ0v) is 11.7. The maximum atomic E-state index is 11.3. The van der Waals surface area contributed by atoms with Gasteiger partial charge in [-0.05, 0) is 36.8 Å². The van der Waals surface area contributed by atoms with Gasteiger partial charge in [0.1, 0.15) is 0 Å². The zero-order chi connectivity index (χ0) is 13.8. The molecule has 1 saturated carbocycles. The van der Waals surface area contributed by atoms with Crippen LogP contribution >= 0.6 is 0 Å². The molecule has 19 heavy (non-hydrogen) atoms. The third-order valence-electron chi connectivity index (χ3n) is 3.94. The maximum Gasteiger partial charge on any atom is 0.336 e. The van der Waals surface area contributed by atoms with E-state index in [-0.39, 0.29) is 6.10 Å². The van der Waals surface area contributed by atoms with E-state index in [2.05, 4.69) is 6.92 Å². The Labute approximate surface area is 114 Å². The van der Waals surface area contributed by atoms with Crippen molar-refractivity contribution in [1.29, 1.82) is 0 Å². The van der Waals surface area contributed by atoms with Crippen molar-refractivity contribution in [2.45, 2.75) is 52.2 Å². The Balaban J connectivity index is 2.03. The molecule has 2 unspecified atom stereocenters. The second-order valence-electron chi connectivity index (χ2n) is 5.62. The lowest BCUT2D eigenvalue weighted by molar-refractivity contribution is 0.00411. The van der Waals surface area contributed by atoms with Gasteiger partial charge < -0.3 is 9.84 Å². The number of benzene rings is 1. The number of carbonyl (C=O) groups is 1. The fourth-order valence-corrected chi connectivity index (χ4v) is 2.89. The minimum absolute atomic E-state index is 0.283. The van der Waals surface area contributed by atoms with Crippen LogP contribution in [0.4, 0.5) is 0 Å². The second kappa shape index (κ2) is 6.20. The number of aromatic carboxylic acids is 1. The predicted octanol–water partition coefficient (Wildman–Crippen LogP) is 3.79. The van der Waals surface area contributed by atoms with Crippen LogP contribution in [-0.2, 0) is 11.3 Å². The number of carboxylic acid groups (broad SMARTS) is 1. The topological polar surface area (TPSA) is 46.5 Å². The third-order valence-corrected chi connectivity index (χ3v) is 3.94. The van der Waals surface area contributed by atoms with Gasteiger partial charge in [0.15, 0.2) is 0 Å². The quantitative estimate of drug-likeness (QED) is 0.898. The molecule has 1 N–H and O–H groups in total. The first kappa shape index (κ1) is 14.1. The van der Waals surface area contributed by atoms with Crippen molar-refractivity contribution >= 4 is 5.97 Å². The summed E-state index contributed by atoms with van der Waals surface area (Å²) in [6, 6.07) is 5.57. The number of aryl methyl sites for hydroxylation is 1. The molecule has 2 rings (SSSR count). The van der Waals surface area contributed by atoms with Crippen LogP contribution in [-0.4, -0.2) is 17.2 Å². The lowest BCUT2D eigenvalue weighted by Gasteiger charge is -2.27. The lowest BCUT2D eigenvalue weighted by atomic mass is 9.88. The van der Waals surface area contributed by atoms with Crippen molar-refractivity contribution < 1.29 is 14.6 Å². The van der Waals surface area contributed by atoms with Crippen molar-refractivity contribution in [1.82, 2.24) is 0 Å². The zero-order valence-electron chi connectivity index (χ0n) is 11.7. The Morgan fingerprint density at radius 1 is 1.42 bits per heavy atom. The standard InChI is InChI=1S/C16H22O3/c1-11-5-3-8-14(9-11)19-10-13-7-4-6-12(2)15(13)16(17)18/h4,6-7,11,14H,3,5,8-10H2,1-2H3,(H,17,18). The molecule has 0 heterocycles. The van der Waals surface area contributed by atoms with E-state index in [1.54, 1.807) is 0 Å². The van der Waals surface area contributed by atoms with Crippen molar-refractivity contribution in [3.8, 4) is 0 Å². The summed E-state index contributed by atoms with van der Waals surface area (Å²) in [6.07, 6.45) is 4.97. The highest BCUT2D eigenvalue weighted by Crippen LogP contribution is 2.27. The van der Waals surface area contributed by atoms with Gasteiger partial charge in [-0.3, -0.25) is 0 Å². The summed E-state index contributed by atoms with van der Waals surface area (Å²) in [7, 11) is 0. The van der Waals surface area contributed by atoms with Crippen LogP contribution in [0.3, 0.4) is 0 Å². The highest BCUT2D eigenvalue weighted by atomic mass is 16.5. The van der Waals surface area contributed by atoms with Crippen molar-refractivity contribution in [3.05, 3.63) is 34.9 Å². The molecule has 0 aromatic heterocycles. The lowest BCUT2D eigenvalue weighted by Crippen LogP contribution is -2.21. The molecule has 1 aromatic rings. The molecule has 3 heteroatoms. The molecule has 104 valence electrons. The van der Waals surface area contributed by atoms with Gasteiger partial charge in [-0.15, -0.1) is 0 Å². The number of rotatable bonds is 4. The van der Waals surface area contributed by atoms with Crippen LogP contribution in [0.5, 0.6) is 0 Å². The van der Waals surface area contributed by atoms with Gasteiger partial charge in [-0.1, -0.05) is 38.0 Å². The van der Waals surface area contributed by atoms with Gasteiger partial charge in [0.25, 0.3) is 0 Å². The van der Waals surface area contributed by atoms with Crippen LogP contribution in [0, 0.1) is 12.8 Å². The molecule has 0 amide bonds. The highest BCUT2D eigenvalue weighted by Gasteiger charge is 2.20. The average molecular weight is 262 g/mol. The third kappa shape index (κ3) is 3.57. The smallest absolute Gasteiger partial charge is 0.336 e. The van der Waals surface area contributed by atoms with E-state index in [0.717, 1.165) is 29.9 Å². The molecule has 1 aliphatic rings. The molecule has 2 atom stereocenters. The molecular weight excluding hydrogens is 240 g/mol. The molecule has 1 fully saturated rings. The summed E-state index contributed by atoms with van der Waals surface area (Å²) < 4.78 is 5.92. The number of hydrogen-bond acceptors (Lipinski definition) is 2. The largest absolute Gasteiger partial charge is 0.478 e. The molecule has 0 aliphatic heterocycles. The van der Waals surface area contributed by atoms with Gasteiger partial charge in [0.2, 0.25) is 0 Å². The summed E-state index contributed by atoms with van der Waals surface area (Å²) in [5, 5.41) is 9.27. The van der Waals surface area contributed by atoms with E-state index < -0.39 is 5.97 Å². The maximum absolute atomic E-state index is 11.3. The van der Waals surface area contributed by atoms with Gasteiger partial charge >= 0.3 is 5.97 Å². The van der Waals surface area contributed by atoms with E-state index in [4.69, 9.17) is 4.74 Å². The van der Waals surface area contributed by atoms with Gasteiger partial charge in [-0.2, -0.15) is 0 Å². The Kier molecular flexibility index (Phi) is 4.59. The van der Waals surface area contributed by atoms with Gasteiger partial charge in [-0.25, -0.2) is 4.79 Å². The number of ether oxygens (including phenoxy) is 1. The predicted molar refractivity (Wildman–Crippen MR) is 74.3 cm³/mol. The summed E-state index contributed by atoms with van der Waals surface area (Å²) >= 11 is 0. The number of carboxylic acids is 1. The molecule has 0 spiro atoms. The summed E-state index contributed by atoms with van der Waals surface area (Å²) in [5.41, 5.74) is 1.97. The minimum atomic E-state index is -0.867. The molecule has 1 aliphatic carbocycles. The Morgan fingerprint density at radius 3 is 2.89 bits per heavy atom. The molecule has 0 radical (unpaired) electrons. The first-order valence-corrected chi connectivity index (χ1v) is 7.01. The van der Waals surface area contributed by atoms with Crippen molar-refractivity contribution in [3.63, 3.8) is 0 Å². The first-order chi connectivity index (χ1) is 9.08. The molecule has 3 nitrogen and oxygen atoms in total. The highest BCUT2D eigenvalue weighted by molar-refractivity contribution is 5.91. The van der Waals surface area contributed by atoms with E-state index >= 15 is 0 Å². The second-order valence-corrected chi connectivity index (χ2v) is 5.62. The first-order valence-electron chi connectivity index (χ1n) is 7.01. The number of hydrogen-bond donors (Lipinski definition) is 1. The molecule has 1 aromatic carbocycles. The van der Waals surface area contributed by atoms with Crippen LogP contribution < -0.4 is 0 Å². The van der Waals surface area contributed by atoms with Gasteiger partial charge in [0.05, 0.1) is 18.3 Å². The average Bonchev–Trinajstić information content (AvgIpc) is 2.36. The normalized spacial score (nSPS) is 23.3. The van der Waals surface area contributed by atoms with Gasteiger partial charge in [0, 0.05) is 0 Å². The van der Waals surface area contributed by atoms with Crippen molar-refractivity contribution in [2.24, 2.45) is 5.92 Å². The summed E-state index contributed by atoms with van der Waals surface area (Å²) in [4.78, 5) is 11.3. The Morgan fingerprint density at radius 2 is 2.21 bits per heavy atom. The van der Waals surface area contributed by atoms with Crippen LogP contribution in [0.2, 0.25) is 0 Å². The van der Waals surface area contributed by atoms with E-state index in [9.17, 15) is 9.90 Å². The van der Waals surface area contributed by atoms with E-state index in [0.29, 0.717) is 12.2 Å². The van der Waals surface area contributed by atoms with Crippen molar-refractivity contribution in [2.75, 3.05) is 0 Å². The SMILES string of the molecule is Cc1cccc(COC2CCCC(C)C2)c1C(=O)O. The summed E-state index contributed by atoms with van der Waals surface area (Å²) in [5.74, 6) is -0.149. The minimum Gasteiger partial charge on any atom is -0.478 e. The molecular formula is C16H22O3. The van der Waals surface area contributed by atoms with E-state index in [1.165, 1.54) is 12.8 Å². The fraction of sp³-hybridized carbons (Fsp3) is 0.562. The van der Waals surface area contributed by atoms with Crippen LogP contribution in [0.15, 0.2) is 18.2 Å². The van der Waals surface area contributed by atoms with Crippen LogP contribution in [0.1, 0.15) is 54.1 Å². The van der Waals surface area contributed by atoms with E-state index in [1.807, 2.05) is 25.1 Å². The Bertz CT molecular complexity index is 453. The monoisotopic (exact) mass is 262 g/mol.